The van der Waals surface area contributed by atoms with Gasteiger partial charge in [0, 0.05) is 18.3 Å². The Morgan fingerprint density at radius 3 is 3.16 bits per heavy atom. The van der Waals surface area contributed by atoms with E-state index in [-0.39, 0.29) is 11.7 Å². The van der Waals surface area contributed by atoms with Crippen molar-refractivity contribution < 1.29 is 9.53 Å². The number of aryl methyl sites for hydroxylation is 1. The van der Waals surface area contributed by atoms with Crippen LogP contribution in [-0.4, -0.2) is 22.2 Å². The Balaban J connectivity index is 1.85. The quantitative estimate of drug-likeness (QED) is 0.790. The highest BCUT2D eigenvalue weighted by Crippen LogP contribution is 2.35. The Morgan fingerprint density at radius 2 is 2.32 bits per heavy atom. The molecule has 0 N–H and O–H groups in total. The van der Waals surface area contributed by atoms with Crippen LogP contribution in [0.25, 0.3) is 0 Å². The maximum Gasteiger partial charge on any atom is 0.177 e. The smallest absolute Gasteiger partial charge is 0.177 e. The maximum atomic E-state index is 12.5. The number of aromatic nitrogens is 2. The Labute approximate surface area is 112 Å². The van der Waals surface area contributed by atoms with Gasteiger partial charge in [-0.05, 0) is 12.5 Å². The van der Waals surface area contributed by atoms with E-state index in [2.05, 4.69) is 12.0 Å². The fourth-order valence-corrected chi connectivity index (χ4v) is 2.42. The van der Waals surface area contributed by atoms with Crippen molar-refractivity contribution in [2.24, 2.45) is 0 Å². The lowest BCUT2D eigenvalue weighted by Gasteiger charge is -2.05. The number of para-hydroxylation sites is 1. The van der Waals surface area contributed by atoms with Gasteiger partial charge in [0.1, 0.15) is 12.4 Å². The lowest BCUT2D eigenvalue weighted by Crippen LogP contribution is -2.13. The molecule has 1 aromatic carbocycles. The summed E-state index contributed by atoms with van der Waals surface area (Å²) in [7, 11) is 0. The number of Topliss-reactive ketones (excluding diaryl/α,β-unsaturated/α-hetero) is 1. The summed E-state index contributed by atoms with van der Waals surface area (Å²) >= 11 is 0. The fraction of sp³-hybridized carbons (Fsp3) is 0.333. The molecule has 0 saturated carbocycles. The van der Waals surface area contributed by atoms with Gasteiger partial charge >= 0.3 is 0 Å². The third-order valence-corrected chi connectivity index (χ3v) is 3.39. The van der Waals surface area contributed by atoms with E-state index < -0.39 is 0 Å². The second-order valence-electron chi connectivity index (χ2n) is 4.76. The molecule has 0 aliphatic carbocycles. The minimum absolute atomic E-state index is 0.0901. The van der Waals surface area contributed by atoms with E-state index >= 15 is 0 Å². The molecule has 4 nitrogen and oxygen atoms in total. The van der Waals surface area contributed by atoms with Crippen molar-refractivity contribution in [1.29, 1.82) is 0 Å². The van der Waals surface area contributed by atoms with Gasteiger partial charge < -0.3 is 4.74 Å². The minimum atomic E-state index is -0.199. The van der Waals surface area contributed by atoms with Crippen molar-refractivity contribution in [3.63, 3.8) is 0 Å². The Hall–Kier alpha value is -2.10. The van der Waals surface area contributed by atoms with Crippen molar-refractivity contribution in [2.45, 2.75) is 25.8 Å². The number of carbonyl (C=O) groups excluding carboxylic acids is 1. The summed E-state index contributed by atoms with van der Waals surface area (Å²) in [6.45, 7) is 3.35. The summed E-state index contributed by atoms with van der Waals surface area (Å²) in [5, 5.41) is 4.21. The van der Waals surface area contributed by atoms with Crippen molar-refractivity contribution in [1.82, 2.24) is 9.78 Å². The zero-order valence-electron chi connectivity index (χ0n) is 10.9. The van der Waals surface area contributed by atoms with Crippen LogP contribution in [-0.2, 0) is 6.54 Å². The van der Waals surface area contributed by atoms with Crippen molar-refractivity contribution in [3.05, 3.63) is 47.8 Å². The summed E-state index contributed by atoms with van der Waals surface area (Å²) < 4.78 is 7.37. The topological polar surface area (TPSA) is 44.1 Å². The van der Waals surface area contributed by atoms with Crippen LogP contribution in [0.5, 0.6) is 5.75 Å². The first-order valence-electron chi connectivity index (χ1n) is 6.58. The zero-order valence-corrected chi connectivity index (χ0v) is 10.9. The van der Waals surface area contributed by atoms with Gasteiger partial charge in [0.05, 0.1) is 17.7 Å². The average Bonchev–Trinajstić information content (AvgIpc) is 3.05. The minimum Gasteiger partial charge on any atom is -0.492 e. The number of rotatable bonds is 4. The van der Waals surface area contributed by atoms with E-state index in [4.69, 9.17) is 4.74 Å². The van der Waals surface area contributed by atoms with E-state index in [9.17, 15) is 4.79 Å². The molecule has 1 unspecified atom stereocenters. The van der Waals surface area contributed by atoms with E-state index in [1.54, 1.807) is 6.20 Å². The van der Waals surface area contributed by atoms with Gasteiger partial charge in [-0.2, -0.15) is 5.10 Å². The number of carbonyl (C=O) groups is 1. The maximum absolute atomic E-state index is 12.5. The SMILES string of the molecule is CCCn1cc(C(=O)C2COc3ccccc32)cn1. The summed E-state index contributed by atoms with van der Waals surface area (Å²) in [5.41, 5.74) is 1.65. The molecule has 1 aromatic heterocycles. The van der Waals surface area contributed by atoms with Gasteiger partial charge in [0.2, 0.25) is 0 Å². The van der Waals surface area contributed by atoms with Crippen LogP contribution in [0.15, 0.2) is 36.7 Å². The molecule has 4 heteroatoms. The van der Waals surface area contributed by atoms with Gasteiger partial charge in [-0.1, -0.05) is 25.1 Å². The van der Waals surface area contributed by atoms with Crippen LogP contribution < -0.4 is 4.74 Å². The van der Waals surface area contributed by atoms with Crippen molar-refractivity contribution in [3.8, 4) is 5.75 Å². The molecule has 0 radical (unpaired) electrons. The highest BCUT2D eigenvalue weighted by molar-refractivity contribution is 6.01. The Bertz CT molecular complexity index is 604. The average molecular weight is 256 g/mol. The van der Waals surface area contributed by atoms with Gasteiger partial charge in [0.25, 0.3) is 0 Å². The number of fused-ring (bicyclic) bond motifs is 1. The molecule has 0 saturated heterocycles. The van der Waals surface area contributed by atoms with Gasteiger partial charge in [-0.3, -0.25) is 9.48 Å². The van der Waals surface area contributed by atoms with Gasteiger partial charge in [0.15, 0.2) is 5.78 Å². The van der Waals surface area contributed by atoms with Crippen LogP contribution >= 0.6 is 0 Å². The Morgan fingerprint density at radius 1 is 1.47 bits per heavy atom. The van der Waals surface area contributed by atoms with Crippen LogP contribution in [0, 0.1) is 0 Å². The first-order chi connectivity index (χ1) is 9.29. The third kappa shape index (κ3) is 2.14. The van der Waals surface area contributed by atoms with E-state index in [0.29, 0.717) is 12.2 Å². The molecule has 3 rings (SSSR count). The number of nitrogens with zero attached hydrogens (tertiary/aromatic N) is 2. The second kappa shape index (κ2) is 4.88. The predicted molar refractivity (Wildman–Crippen MR) is 71.5 cm³/mol. The third-order valence-electron chi connectivity index (χ3n) is 3.39. The number of hydrogen-bond acceptors (Lipinski definition) is 3. The monoisotopic (exact) mass is 256 g/mol. The fourth-order valence-electron chi connectivity index (χ4n) is 2.42. The molecule has 0 spiro atoms. The predicted octanol–water partition coefficient (Wildman–Crippen LogP) is 2.65. The molecular weight excluding hydrogens is 240 g/mol. The first kappa shape index (κ1) is 12.0. The molecule has 2 heterocycles. The number of benzene rings is 1. The van der Waals surface area contributed by atoms with E-state index in [1.807, 2.05) is 35.1 Å². The van der Waals surface area contributed by atoms with Crippen molar-refractivity contribution in [2.75, 3.05) is 6.61 Å². The summed E-state index contributed by atoms with van der Waals surface area (Å²) in [5.74, 6) is 0.713. The molecule has 98 valence electrons. The largest absolute Gasteiger partial charge is 0.492 e. The summed E-state index contributed by atoms with van der Waals surface area (Å²) in [4.78, 5) is 12.5. The first-order valence-corrected chi connectivity index (χ1v) is 6.58. The van der Waals surface area contributed by atoms with Crippen molar-refractivity contribution >= 4 is 5.78 Å². The number of ether oxygens (including phenoxy) is 1. The normalized spacial score (nSPS) is 17.0. The van der Waals surface area contributed by atoms with E-state index in [0.717, 1.165) is 24.3 Å². The molecule has 1 aliphatic heterocycles. The molecule has 1 atom stereocenters. The molecule has 0 bridgehead atoms. The Kier molecular flexibility index (Phi) is 3.07. The molecular formula is C15H16N2O2. The van der Waals surface area contributed by atoms with Gasteiger partial charge in [-0.15, -0.1) is 0 Å². The van der Waals surface area contributed by atoms with Crippen LogP contribution in [0.2, 0.25) is 0 Å². The van der Waals surface area contributed by atoms with Crippen LogP contribution in [0.3, 0.4) is 0 Å². The van der Waals surface area contributed by atoms with Gasteiger partial charge in [-0.25, -0.2) is 0 Å². The molecule has 19 heavy (non-hydrogen) atoms. The lowest BCUT2D eigenvalue weighted by molar-refractivity contribution is 0.0947. The second-order valence-corrected chi connectivity index (χ2v) is 4.76. The summed E-state index contributed by atoms with van der Waals surface area (Å²) in [6, 6.07) is 7.73. The summed E-state index contributed by atoms with van der Waals surface area (Å²) in [6.07, 6.45) is 4.48. The van der Waals surface area contributed by atoms with Crippen LogP contribution in [0.4, 0.5) is 0 Å². The molecule has 0 fully saturated rings. The van der Waals surface area contributed by atoms with Crippen LogP contribution in [0.1, 0.15) is 35.2 Å². The molecule has 0 amide bonds. The highest BCUT2D eigenvalue weighted by Gasteiger charge is 2.31. The van der Waals surface area contributed by atoms with E-state index in [1.165, 1.54) is 0 Å². The molecule has 1 aliphatic rings. The number of ketones is 1. The zero-order chi connectivity index (χ0) is 13.2. The highest BCUT2D eigenvalue weighted by atomic mass is 16.5. The standard InChI is InChI=1S/C15H16N2O2/c1-2-7-17-9-11(8-16-17)15(18)13-10-19-14-6-4-3-5-12(13)14/h3-6,8-9,13H,2,7,10H2,1H3. The number of hydrogen-bond donors (Lipinski definition) is 0. The lowest BCUT2D eigenvalue weighted by atomic mass is 9.94. The molecule has 2 aromatic rings.